The van der Waals surface area contributed by atoms with Crippen LogP contribution in [0.2, 0.25) is 5.02 Å². The molecule has 1 heterocycles. The summed E-state index contributed by atoms with van der Waals surface area (Å²) >= 11 is 9.58. The number of fused-ring (bicyclic) bond motifs is 1. The molecule has 1 nitrogen and oxygen atoms in total. The fraction of sp³-hybridized carbons (Fsp3) is 0.400. The normalized spacial score (nSPS) is 21.3. The van der Waals surface area contributed by atoms with Crippen LogP contribution in [0.25, 0.3) is 0 Å². The third-order valence-corrected chi connectivity index (χ3v) is 3.20. The summed E-state index contributed by atoms with van der Waals surface area (Å²) in [7, 11) is 0. The zero-order chi connectivity index (χ0) is 9.42. The molecule has 0 saturated heterocycles. The Bertz CT molecular complexity index is 338. The van der Waals surface area contributed by atoms with E-state index in [-0.39, 0.29) is 0 Å². The number of halogens is 2. The van der Waals surface area contributed by atoms with E-state index in [0.717, 1.165) is 22.5 Å². The lowest BCUT2D eigenvalue weighted by atomic mass is 9.97. The maximum atomic E-state index is 6.13. The summed E-state index contributed by atoms with van der Waals surface area (Å²) in [5.74, 6) is 0. The molecule has 0 saturated carbocycles. The van der Waals surface area contributed by atoms with Crippen LogP contribution in [0.3, 0.4) is 0 Å². The van der Waals surface area contributed by atoms with Crippen molar-refractivity contribution >= 4 is 27.5 Å². The summed E-state index contributed by atoms with van der Waals surface area (Å²) in [4.78, 5) is 0. The molecule has 1 N–H and O–H groups in total. The van der Waals surface area contributed by atoms with E-state index in [1.54, 1.807) is 0 Å². The van der Waals surface area contributed by atoms with Crippen molar-refractivity contribution in [2.45, 2.75) is 25.9 Å². The predicted molar refractivity (Wildman–Crippen MR) is 59.2 cm³/mol. The van der Waals surface area contributed by atoms with Crippen LogP contribution in [0.15, 0.2) is 16.6 Å². The van der Waals surface area contributed by atoms with Gasteiger partial charge < -0.3 is 5.32 Å². The first-order valence-corrected chi connectivity index (χ1v) is 5.54. The van der Waals surface area contributed by atoms with Crippen LogP contribution >= 0.6 is 27.5 Å². The summed E-state index contributed by atoms with van der Waals surface area (Å²) < 4.78 is 1.07. The first-order chi connectivity index (χ1) is 6.16. The molecule has 0 aliphatic carbocycles. The monoisotopic (exact) mass is 259 g/mol. The maximum absolute atomic E-state index is 6.13. The molecule has 1 aliphatic rings. The molecular formula is C10H11BrClN. The molecule has 70 valence electrons. The number of rotatable bonds is 0. The number of hydrogen-bond donors (Lipinski definition) is 1. The quantitative estimate of drug-likeness (QED) is 0.756. The van der Waals surface area contributed by atoms with E-state index >= 15 is 0 Å². The smallest absolute Gasteiger partial charge is 0.0464 e. The molecule has 1 aliphatic heterocycles. The summed E-state index contributed by atoms with van der Waals surface area (Å²) in [6.07, 6.45) is 1.06. The van der Waals surface area contributed by atoms with Gasteiger partial charge in [-0.3, -0.25) is 0 Å². The van der Waals surface area contributed by atoms with E-state index in [1.165, 1.54) is 11.1 Å². The number of benzene rings is 1. The van der Waals surface area contributed by atoms with E-state index in [4.69, 9.17) is 11.6 Å². The topological polar surface area (TPSA) is 12.0 Å². The predicted octanol–water partition coefficient (Wildman–Crippen LogP) is 3.14. The summed E-state index contributed by atoms with van der Waals surface area (Å²) in [6.45, 7) is 3.08. The van der Waals surface area contributed by atoms with E-state index in [2.05, 4.69) is 34.2 Å². The highest BCUT2D eigenvalue weighted by Gasteiger charge is 2.16. The fourth-order valence-electron chi connectivity index (χ4n) is 1.72. The van der Waals surface area contributed by atoms with Crippen LogP contribution < -0.4 is 5.32 Å². The first-order valence-electron chi connectivity index (χ1n) is 4.37. The van der Waals surface area contributed by atoms with Gasteiger partial charge in [0.1, 0.15) is 0 Å². The largest absolute Gasteiger partial charge is 0.310 e. The molecule has 1 aromatic carbocycles. The van der Waals surface area contributed by atoms with Gasteiger partial charge in [-0.05, 0) is 36.6 Å². The first kappa shape index (κ1) is 9.50. The van der Waals surface area contributed by atoms with E-state index < -0.39 is 0 Å². The summed E-state index contributed by atoms with van der Waals surface area (Å²) in [6, 6.07) is 4.68. The van der Waals surface area contributed by atoms with Gasteiger partial charge in [0.25, 0.3) is 0 Å². The van der Waals surface area contributed by atoms with Crippen LogP contribution in [0.1, 0.15) is 18.1 Å². The maximum Gasteiger partial charge on any atom is 0.0464 e. The van der Waals surface area contributed by atoms with Gasteiger partial charge in [-0.25, -0.2) is 0 Å². The van der Waals surface area contributed by atoms with Gasteiger partial charge in [-0.1, -0.05) is 27.5 Å². The van der Waals surface area contributed by atoms with E-state index in [0.29, 0.717) is 6.04 Å². The van der Waals surface area contributed by atoms with Crippen molar-refractivity contribution in [3.05, 3.63) is 32.8 Å². The van der Waals surface area contributed by atoms with Crippen molar-refractivity contribution in [1.82, 2.24) is 5.32 Å². The van der Waals surface area contributed by atoms with Crippen LogP contribution in [-0.4, -0.2) is 6.04 Å². The van der Waals surface area contributed by atoms with Crippen molar-refractivity contribution in [1.29, 1.82) is 0 Å². The second-order valence-corrected chi connectivity index (χ2v) is 4.83. The lowest BCUT2D eigenvalue weighted by Gasteiger charge is -2.24. The molecule has 0 fully saturated rings. The van der Waals surface area contributed by atoms with Gasteiger partial charge in [0.2, 0.25) is 0 Å². The van der Waals surface area contributed by atoms with Gasteiger partial charge >= 0.3 is 0 Å². The standard InChI is InChI=1S/C10H11BrClN/c1-6-2-7-3-8(11)4-10(12)9(7)5-13-6/h3-4,6,13H,2,5H2,1H3. The van der Waals surface area contributed by atoms with Gasteiger partial charge in [-0.2, -0.15) is 0 Å². The highest BCUT2D eigenvalue weighted by molar-refractivity contribution is 9.10. The molecule has 13 heavy (non-hydrogen) atoms. The van der Waals surface area contributed by atoms with Crippen molar-refractivity contribution in [3.63, 3.8) is 0 Å². The highest BCUT2D eigenvalue weighted by Crippen LogP contribution is 2.28. The van der Waals surface area contributed by atoms with Crippen LogP contribution in [0.4, 0.5) is 0 Å². The lowest BCUT2D eigenvalue weighted by molar-refractivity contribution is 0.513. The van der Waals surface area contributed by atoms with E-state index in [1.807, 2.05) is 6.07 Å². The SMILES string of the molecule is CC1Cc2cc(Br)cc(Cl)c2CN1. The third-order valence-electron chi connectivity index (χ3n) is 2.41. The molecule has 0 amide bonds. The molecule has 2 rings (SSSR count). The number of hydrogen-bond acceptors (Lipinski definition) is 1. The minimum absolute atomic E-state index is 0.554. The summed E-state index contributed by atoms with van der Waals surface area (Å²) in [5, 5.41) is 4.26. The van der Waals surface area contributed by atoms with Crippen molar-refractivity contribution in [3.8, 4) is 0 Å². The molecule has 3 heteroatoms. The molecule has 0 bridgehead atoms. The fourth-order valence-corrected chi connectivity index (χ4v) is 2.66. The van der Waals surface area contributed by atoms with Gasteiger partial charge in [0, 0.05) is 22.1 Å². The minimum Gasteiger partial charge on any atom is -0.310 e. The van der Waals surface area contributed by atoms with Gasteiger partial charge in [0.15, 0.2) is 0 Å². The van der Waals surface area contributed by atoms with E-state index in [9.17, 15) is 0 Å². The Hall–Kier alpha value is -0.0500. The van der Waals surface area contributed by atoms with Gasteiger partial charge in [-0.15, -0.1) is 0 Å². The second kappa shape index (κ2) is 3.60. The Morgan fingerprint density at radius 1 is 1.54 bits per heavy atom. The Kier molecular flexibility index (Phi) is 2.63. The number of nitrogens with one attached hydrogen (secondary N) is 1. The molecule has 1 unspecified atom stereocenters. The summed E-state index contributed by atoms with van der Waals surface area (Å²) in [5.41, 5.74) is 2.62. The third kappa shape index (κ3) is 1.90. The molecule has 0 spiro atoms. The molecule has 0 radical (unpaired) electrons. The van der Waals surface area contributed by atoms with Crippen LogP contribution in [0.5, 0.6) is 0 Å². The zero-order valence-electron chi connectivity index (χ0n) is 7.40. The minimum atomic E-state index is 0.554. The lowest BCUT2D eigenvalue weighted by Crippen LogP contribution is -2.32. The molecule has 1 atom stereocenters. The molecular weight excluding hydrogens is 249 g/mol. The van der Waals surface area contributed by atoms with Crippen LogP contribution in [0, 0.1) is 0 Å². The van der Waals surface area contributed by atoms with Gasteiger partial charge in [0.05, 0.1) is 0 Å². The average molecular weight is 261 g/mol. The van der Waals surface area contributed by atoms with Crippen molar-refractivity contribution < 1.29 is 0 Å². The molecule has 0 aromatic heterocycles. The Morgan fingerprint density at radius 3 is 3.08 bits per heavy atom. The van der Waals surface area contributed by atoms with Crippen LogP contribution in [-0.2, 0) is 13.0 Å². The van der Waals surface area contributed by atoms with Crippen molar-refractivity contribution in [2.24, 2.45) is 0 Å². The zero-order valence-corrected chi connectivity index (χ0v) is 9.74. The Labute approximate surface area is 91.6 Å². The van der Waals surface area contributed by atoms with Crippen molar-refractivity contribution in [2.75, 3.05) is 0 Å². The second-order valence-electron chi connectivity index (χ2n) is 3.51. The Morgan fingerprint density at radius 2 is 2.31 bits per heavy atom. The average Bonchev–Trinajstić information content (AvgIpc) is 2.02. The molecule has 1 aromatic rings. The Balaban J connectivity index is 2.47. The highest BCUT2D eigenvalue weighted by atomic mass is 79.9.